The molecule has 0 bridgehead atoms. The second kappa shape index (κ2) is 24.9. The topological polar surface area (TPSA) is 332 Å². The fourth-order valence-electron chi connectivity index (χ4n) is 3.53. The number of nitrogen functional groups attached to an aromatic ring is 1. The Balaban J connectivity index is 0.00000901. The molecule has 0 spiro atoms. The van der Waals surface area contributed by atoms with Gasteiger partial charge in [-0.05, 0) is 42.5 Å². The van der Waals surface area contributed by atoms with Gasteiger partial charge in [-0.15, -0.1) is 29.1 Å². The molecule has 0 saturated carbocycles. The van der Waals surface area contributed by atoms with E-state index in [2.05, 4.69) is 43.4 Å². The van der Waals surface area contributed by atoms with E-state index in [1.807, 2.05) is 0 Å². The van der Waals surface area contributed by atoms with Gasteiger partial charge in [-0.3, -0.25) is 18.4 Å². The van der Waals surface area contributed by atoms with Crippen molar-refractivity contribution in [2.24, 2.45) is 20.5 Å². The summed E-state index contributed by atoms with van der Waals surface area (Å²) in [7, 11) is -12.2. The number of aromatic hydroxyl groups is 1. The Morgan fingerprint density at radius 3 is 1.72 bits per heavy atom. The number of nitrogens with two attached hydrogens (primary N) is 1. The first-order chi connectivity index (χ1) is 23.6. The molecule has 274 valence electrons. The Bertz CT molecular complexity index is 2050. The second-order valence-corrected chi connectivity index (χ2v) is 15.5. The molecular weight excluding hydrogens is 848 g/mol. The maximum Gasteiger partial charge on any atom is 1.00 e. The van der Waals surface area contributed by atoms with Gasteiger partial charge in [0, 0.05) is 6.07 Å². The zero-order valence-corrected chi connectivity index (χ0v) is 37.9. The van der Waals surface area contributed by atoms with Gasteiger partial charge in [0.1, 0.15) is 44.4 Å². The van der Waals surface area contributed by atoms with Gasteiger partial charge in [-0.25, -0.2) is 25.3 Å². The number of phenolic OH excluding ortho intramolecular Hbond substituents is 1. The number of benzene rings is 3. The van der Waals surface area contributed by atoms with Gasteiger partial charge in [-0.2, -0.15) is 0 Å². The summed E-state index contributed by atoms with van der Waals surface area (Å²) in [6, 6.07) is 8.13. The summed E-state index contributed by atoms with van der Waals surface area (Å²) in [5.41, 5.74) is 4.64. The quantitative estimate of drug-likeness (QED) is 0.0156. The first kappa shape index (κ1) is 52.5. The molecule has 0 aliphatic heterocycles. The molecule has 0 heterocycles. The average Bonchev–Trinajstić information content (AvgIpc) is 3.06. The van der Waals surface area contributed by atoms with E-state index in [1.165, 1.54) is 19.2 Å². The maximum absolute atomic E-state index is 12.7. The van der Waals surface area contributed by atoms with Gasteiger partial charge in [0.25, 0.3) is 0 Å². The molecule has 3 rings (SSSR count). The number of methoxy groups -OCH3 is 1. The number of nitrogens with zero attached hydrogens (tertiary/aromatic N) is 4. The first-order valence-electron chi connectivity index (χ1n) is 12.8. The first-order valence-corrected chi connectivity index (χ1v) is 18.9. The number of hydrogen-bond donors (Lipinski definition) is 2. The molecule has 0 amide bonds. The predicted octanol–water partition coefficient (Wildman–Crippen LogP) is -7.12. The summed E-state index contributed by atoms with van der Waals surface area (Å²) >= 11 is 0.197. The third-order valence-corrected chi connectivity index (χ3v) is 10.8. The average molecular weight is 870 g/mol. The van der Waals surface area contributed by atoms with Crippen molar-refractivity contribution < 1.29 is 166 Å². The number of phenols is 1. The second-order valence-electron chi connectivity index (χ2n) is 8.91. The van der Waals surface area contributed by atoms with Crippen LogP contribution in [0.2, 0.25) is 0 Å². The zero-order chi connectivity index (χ0) is 37.0. The Hall–Kier alpha value is -0.550. The molecule has 3 aromatic carbocycles. The number of sulfone groups is 2. The summed E-state index contributed by atoms with van der Waals surface area (Å²) in [5, 5.41) is 51.4. The Kier molecular flexibility index (Phi) is 24.7. The third-order valence-electron chi connectivity index (χ3n) is 5.80. The van der Waals surface area contributed by atoms with Gasteiger partial charge < -0.3 is 30.6 Å². The van der Waals surface area contributed by atoms with E-state index in [9.17, 15) is 45.4 Å². The molecule has 0 unspecified atom stereocenters. The Morgan fingerprint density at radius 1 is 0.698 bits per heavy atom. The van der Waals surface area contributed by atoms with Gasteiger partial charge >= 0.3 is 88.7 Å². The van der Waals surface area contributed by atoms with Crippen LogP contribution in [0.3, 0.4) is 0 Å². The van der Waals surface area contributed by atoms with Gasteiger partial charge in [0.05, 0.1) is 52.2 Å². The van der Waals surface area contributed by atoms with E-state index in [1.54, 1.807) is 0 Å². The molecule has 30 heteroatoms. The SMILES string of the molecule is COc1ccc(S(=O)(=O)CCOSOO[O-])cc1N=Nc1cc(N=Nc2ccc(S(=O)(=O)CCOSOO[O-])cc2S(=O)(=O)[O-])c(O)cc1N.[Na+].[Na+].[Na+]. The van der Waals surface area contributed by atoms with E-state index in [0.717, 1.165) is 30.3 Å². The third kappa shape index (κ3) is 16.5. The van der Waals surface area contributed by atoms with Crippen LogP contribution in [-0.4, -0.2) is 66.7 Å². The van der Waals surface area contributed by atoms with E-state index < -0.39 is 69.1 Å². The van der Waals surface area contributed by atoms with Crippen LogP contribution in [0.15, 0.2) is 83.7 Å². The van der Waals surface area contributed by atoms with Crippen molar-refractivity contribution in [1.82, 2.24) is 0 Å². The Morgan fingerprint density at radius 2 is 1.19 bits per heavy atom. The molecule has 0 aliphatic carbocycles. The van der Waals surface area contributed by atoms with E-state index in [-0.39, 0.29) is 153 Å². The van der Waals surface area contributed by atoms with Crippen molar-refractivity contribution in [2.75, 3.05) is 37.6 Å². The van der Waals surface area contributed by atoms with Crippen LogP contribution < -0.4 is 110 Å². The van der Waals surface area contributed by atoms with Crippen LogP contribution in [0.5, 0.6) is 11.5 Å². The molecule has 3 aromatic rings. The molecule has 22 nitrogen and oxygen atoms in total. The molecule has 0 aliphatic rings. The summed E-state index contributed by atoms with van der Waals surface area (Å²) in [6.07, 6.45) is 0. The number of anilines is 1. The summed E-state index contributed by atoms with van der Waals surface area (Å²) < 4.78 is 109. The van der Waals surface area contributed by atoms with Crippen molar-refractivity contribution in [2.45, 2.75) is 14.7 Å². The summed E-state index contributed by atoms with van der Waals surface area (Å²) in [4.78, 5) is -1.85. The molecular formula is C23H22N5Na3O17S5. The van der Waals surface area contributed by atoms with Crippen molar-refractivity contribution in [1.29, 1.82) is 0 Å². The molecule has 0 atom stereocenters. The van der Waals surface area contributed by atoms with Crippen LogP contribution in [0.4, 0.5) is 28.4 Å². The number of hydrogen-bond acceptors (Lipinski definition) is 24. The van der Waals surface area contributed by atoms with Gasteiger partial charge in [-0.1, -0.05) is 0 Å². The number of rotatable bonds is 20. The van der Waals surface area contributed by atoms with Crippen LogP contribution in [-0.2, 0) is 56.9 Å². The van der Waals surface area contributed by atoms with Gasteiger partial charge in [0.15, 0.2) is 44.3 Å². The predicted molar refractivity (Wildman–Crippen MR) is 164 cm³/mol. The molecule has 53 heavy (non-hydrogen) atoms. The van der Waals surface area contributed by atoms with Crippen molar-refractivity contribution in [3.8, 4) is 11.5 Å². The molecule has 3 N–H and O–H groups in total. The van der Waals surface area contributed by atoms with E-state index >= 15 is 0 Å². The minimum absolute atomic E-state index is 0. The fourth-order valence-corrected chi connectivity index (χ4v) is 7.09. The minimum Gasteiger partial charge on any atom is -0.744 e. The zero-order valence-electron chi connectivity index (χ0n) is 27.8. The minimum atomic E-state index is -5.32. The Labute approximate surface area is 377 Å². The maximum atomic E-state index is 12.7. The summed E-state index contributed by atoms with van der Waals surface area (Å²) in [5.74, 6) is -1.71. The monoisotopic (exact) mass is 869 g/mol. The van der Waals surface area contributed by atoms with Crippen LogP contribution in [0.25, 0.3) is 0 Å². The number of ether oxygens (including phenoxy) is 1. The number of azo groups is 2. The van der Waals surface area contributed by atoms with Crippen LogP contribution in [0.1, 0.15) is 0 Å². The van der Waals surface area contributed by atoms with E-state index in [4.69, 9.17) is 14.7 Å². The smallest absolute Gasteiger partial charge is 0.744 e. The molecule has 0 fully saturated rings. The fraction of sp³-hybridized carbons (Fsp3) is 0.217. The van der Waals surface area contributed by atoms with Gasteiger partial charge in [0.2, 0.25) is 0 Å². The molecule has 0 saturated heterocycles. The van der Waals surface area contributed by atoms with Crippen molar-refractivity contribution in [3.63, 3.8) is 0 Å². The van der Waals surface area contributed by atoms with Crippen molar-refractivity contribution >= 4 is 82.9 Å². The summed E-state index contributed by atoms with van der Waals surface area (Å²) in [6.45, 7) is -0.893. The van der Waals surface area contributed by atoms with E-state index in [0.29, 0.717) is 6.07 Å². The molecule has 0 aromatic heterocycles. The van der Waals surface area contributed by atoms with Crippen LogP contribution >= 0.6 is 24.6 Å². The molecule has 0 radical (unpaired) electrons. The largest absolute Gasteiger partial charge is 1.00 e. The van der Waals surface area contributed by atoms with Crippen LogP contribution in [0, 0.1) is 0 Å². The van der Waals surface area contributed by atoms with Crippen molar-refractivity contribution in [3.05, 3.63) is 48.5 Å². The standard InChI is InChI=1S/C23H25N5O17S5.3Na/c1-39-22-5-3-14(48(32,33)8-6-40-46-44-42-30)10-20(22)28-26-18-13-19(21(29)12-16(18)24)27-25-17-4-2-15(11-23(17)50(36,37)38)49(34,35)9-7-41-47-45-43-31;;;/h2-5,10-13,29-31H,6-9,24H2,1H3,(H,36,37,38);;;/q;3*+1/p-3. The normalized spacial score (nSPS) is 11.9.